The van der Waals surface area contributed by atoms with E-state index in [0.29, 0.717) is 0 Å². The van der Waals surface area contributed by atoms with Crippen LogP contribution in [0.1, 0.15) is 61.0 Å². The highest BCUT2D eigenvalue weighted by molar-refractivity contribution is 6.30. The van der Waals surface area contributed by atoms with Crippen molar-refractivity contribution in [3.63, 3.8) is 0 Å². The average Bonchev–Trinajstić information content (AvgIpc) is 3.10. The fourth-order valence-electron chi connectivity index (χ4n) is 2.97. The number of aromatic nitrogens is 1. The second kappa shape index (κ2) is 7.06. The normalized spacial score (nSPS) is 12.9. The molecule has 140 valence electrons. The second-order valence-electron chi connectivity index (χ2n) is 5.77. The summed E-state index contributed by atoms with van der Waals surface area (Å²) >= 11 is 0. The van der Waals surface area contributed by atoms with Gasteiger partial charge in [0.2, 0.25) is 0 Å². The lowest BCUT2D eigenvalue weighted by Crippen LogP contribution is -2.41. The maximum absolute atomic E-state index is 12.8. The highest BCUT2D eigenvalue weighted by Gasteiger charge is 2.40. The van der Waals surface area contributed by atoms with Gasteiger partial charge in [0.05, 0.1) is 29.9 Å². The van der Waals surface area contributed by atoms with Crippen molar-refractivity contribution in [2.75, 3.05) is 18.2 Å². The first kappa shape index (κ1) is 18.4. The molecule has 0 atom stereocenters. The maximum Gasteiger partial charge on any atom is 0.357 e. The quantitative estimate of drug-likeness (QED) is 0.591. The molecule has 2 amide bonds. The van der Waals surface area contributed by atoms with E-state index >= 15 is 0 Å². The molecule has 2 aromatic rings. The van der Waals surface area contributed by atoms with Crippen molar-refractivity contribution < 1.29 is 28.7 Å². The summed E-state index contributed by atoms with van der Waals surface area (Å²) in [5.74, 6) is -2.59. The summed E-state index contributed by atoms with van der Waals surface area (Å²) in [7, 11) is 0. The van der Waals surface area contributed by atoms with E-state index in [4.69, 9.17) is 9.47 Å². The molecule has 27 heavy (non-hydrogen) atoms. The zero-order valence-electron chi connectivity index (χ0n) is 15.1. The van der Waals surface area contributed by atoms with Gasteiger partial charge in [0, 0.05) is 6.20 Å². The van der Waals surface area contributed by atoms with Crippen molar-refractivity contribution in [3.05, 3.63) is 58.4 Å². The smallest absolute Gasteiger partial charge is 0.357 e. The molecular formula is C19H18N2O6. The first-order valence-corrected chi connectivity index (χ1v) is 8.46. The molecule has 8 heteroatoms. The molecule has 3 rings (SSSR count). The Kier molecular flexibility index (Phi) is 4.81. The van der Waals surface area contributed by atoms with Gasteiger partial charge < -0.3 is 9.47 Å². The molecule has 0 fully saturated rings. The zero-order valence-corrected chi connectivity index (χ0v) is 15.1. The summed E-state index contributed by atoms with van der Waals surface area (Å²) in [6.07, 6.45) is 1.25. The van der Waals surface area contributed by atoms with E-state index in [9.17, 15) is 19.2 Å². The molecule has 1 aromatic carbocycles. The van der Waals surface area contributed by atoms with Crippen molar-refractivity contribution in [2.24, 2.45) is 0 Å². The van der Waals surface area contributed by atoms with Gasteiger partial charge >= 0.3 is 11.9 Å². The van der Waals surface area contributed by atoms with Gasteiger partial charge in [-0.1, -0.05) is 12.1 Å². The Morgan fingerprint density at radius 2 is 1.44 bits per heavy atom. The summed E-state index contributed by atoms with van der Waals surface area (Å²) in [5, 5.41) is 0.826. The lowest BCUT2D eigenvalue weighted by molar-refractivity contribution is 0.0511. The fourth-order valence-corrected chi connectivity index (χ4v) is 2.97. The van der Waals surface area contributed by atoms with E-state index in [1.54, 1.807) is 26.0 Å². The van der Waals surface area contributed by atoms with Crippen molar-refractivity contribution in [2.45, 2.75) is 20.8 Å². The number of nitrogens with zero attached hydrogens (tertiary/aromatic N) is 2. The number of benzene rings is 1. The van der Waals surface area contributed by atoms with Crippen molar-refractivity contribution in [1.82, 2.24) is 4.68 Å². The largest absolute Gasteiger partial charge is 0.462 e. The topological polar surface area (TPSA) is 94.9 Å². The summed E-state index contributed by atoms with van der Waals surface area (Å²) < 4.78 is 11.1. The third-order valence-corrected chi connectivity index (χ3v) is 4.19. The van der Waals surface area contributed by atoms with Gasteiger partial charge in [0.25, 0.3) is 11.8 Å². The van der Waals surface area contributed by atoms with Crippen LogP contribution in [0.5, 0.6) is 0 Å². The van der Waals surface area contributed by atoms with E-state index < -0.39 is 23.8 Å². The second-order valence-corrected chi connectivity index (χ2v) is 5.77. The van der Waals surface area contributed by atoms with Crippen LogP contribution < -0.4 is 5.01 Å². The first-order valence-electron chi connectivity index (χ1n) is 8.46. The average molecular weight is 370 g/mol. The van der Waals surface area contributed by atoms with Crippen LogP contribution in [0.2, 0.25) is 0 Å². The Balaban J connectivity index is 2.16. The minimum absolute atomic E-state index is 0.0746. The van der Waals surface area contributed by atoms with E-state index in [2.05, 4.69) is 0 Å². The van der Waals surface area contributed by atoms with Crippen LogP contribution in [-0.4, -0.2) is 41.6 Å². The molecule has 1 aliphatic heterocycles. The SMILES string of the molecule is CCOC(=O)c1cn(N2C(=O)c3ccccc3C2=O)c(C(=O)OCC)c1C. The molecule has 0 bridgehead atoms. The number of imide groups is 1. The number of fused-ring (bicyclic) bond motifs is 1. The van der Waals surface area contributed by atoms with Crippen molar-refractivity contribution >= 4 is 23.8 Å². The lowest BCUT2D eigenvalue weighted by atomic mass is 10.1. The van der Waals surface area contributed by atoms with Crippen LogP contribution in [-0.2, 0) is 9.47 Å². The van der Waals surface area contributed by atoms with Crippen LogP contribution in [0.4, 0.5) is 0 Å². The Bertz CT molecular complexity index is 924. The van der Waals surface area contributed by atoms with Crippen LogP contribution in [0.15, 0.2) is 30.5 Å². The van der Waals surface area contributed by atoms with Gasteiger partial charge in [-0.25, -0.2) is 14.3 Å². The Hall–Kier alpha value is -3.42. The summed E-state index contributed by atoms with van der Waals surface area (Å²) in [4.78, 5) is 50.3. The number of esters is 2. The lowest BCUT2D eigenvalue weighted by Gasteiger charge is -2.18. The molecule has 2 heterocycles. The van der Waals surface area contributed by atoms with Crippen LogP contribution in [0.3, 0.4) is 0 Å². The van der Waals surface area contributed by atoms with E-state index in [0.717, 1.165) is 9.69 Å². The number of carbonyl (C=O) groups excluding carboxylic acids is 4. The fraction of sp³-hybridized carbons (Fsp3) is 0.263. The summed E-state index contributed by atoms with van der Waals surface area (Å²) in [5.41, 5.74) is 0.719. The predicted octanol–water partition coefficient (Wildman–Crippen LogP) is 2.08. The molecule has 0 spiro atoms. The highest BCUT2D eigenvalue weighted by Crippen LogP contribution is 2.26. The highest BCUT2D eigenvalue weighted by atomic mass is 16.5. The van der Waals surface area contributed by atoms with Gasteiger partial charge in [-0.05, 0) is 38.5 Å². The van der Waals surface area contributed by atoms with Crippen molar-refractivity contribution in [3.8, 4) is 0 Å². The van der Waals surface area contributed by atoms with E-state index in [1.807, 2.05) is 0 Å². The summed E-state index contributed by atoms with van der Waals surface area (Å²) in [6.45, 7) is 5.06. The molecule has 8 nitrogen and oxygen atoms in total. The van der Waals surface area contributed by atoms with Crippen LogP contribution >= 0.6 is 0 Å². The summed E-state index contributed by atoms with van der Waals surface area (Å²) in [6, 6.07) is 6.35. The maximum atomic E-state index is 12.8. The van der Waals surface area contributed by atoms with Gasteiger partial charge in [-0.15, -0.1) is 0 Å². The minimum Gasteiger partial charge on any atom is -0.462 e. The third-order valence-electron chi connectivity index (χ3n) is 4.19. The Morgan fingerprint density at radius 1 is 0.926 bits per heavy atom. The Labute approximate surface area is 155 Å². The van der Waals surface area contributed by atoms with E-state index in [1.165, 1.54) is 25.3 Å². The molecule has 0 saturated carbocycles. The van der Waals surface area contributed by atoms with Crippen LogP contribution in [0, 0.1) is 6.92 Å². The first-order chi connectivity index (χ1) is 12.9. The molecule has 1 aromatic heterocycles. The molecule has 0 N–H and O–H groups in total. The molecule has 1 aliphatic rings. The molecule has 0 saturated heterocycles. The number of carbonyl (C=O) groups is 4. The molecule has 0 radical (unpaired) electrons. The van der Waals surface area contributed by atoms with E-state index in [-0.39, 0.29) is 41.2 Å². The standard InChI is InChI=1S/C19H18N2O6/c1-4-26-18(24)14-10-20(15(11(14)3)19(25)27-5-2)21-16(22)12-8-6-7-9-13(12)17(21)23/h6-10H,4-5H2,1-3H3. The van der Waals surface area contributed by atoms with Crippen LogP contribution in [0.25, 0.3) is 0 Å². The molecule has 0 unspecified atom stereocenters. The number of ether oxygens (including phenoxy) is 2. The number of amides is 2. The molecular weight excluding hydrogens is 352 g/mol. The Morgan fingerprint density at radius 3 is 1.96 bits per heavy atom. The predicted molar refractivity (Wildman–Crippen MR) is 94.4 cm³/mol. The zero-order chi connectivity index (χ0) is 19.7. The van der Waals surface area contributed by atoms with Gasteiger partial charge in [-0.2, -0.15) is 5.01 Å². The number of rotatable bonds is 5. The number of hydrogen-bond acceptors (Lipinski definition) is 6. The number of hydrogen-bond donors (Lipinski definition) is 0. The minimum atomic E-state index is -0.748. The third kappa shape index (κ3) is 2.88. The van der Waals surface area contributed by atoms with Gasteiger partial charge in [-0.3, -0.25) is 9.59 Å². The molecule has 0 aliphatic carbocycles. The van der Waals surface area contributed by atoms with Gasteiger partial charge in [0.1, 0.15) is 0 Å². The van der Waals surface area contributed by atoms with Gasteiger partial charge in [0.15, 0.2) is 5.69 Å². The van der Waals surface area contributed by atoms with Crippen molar-refractivity contribution in [1.29, 1.82) is 0 Å². The monoisotopic (exact) mass is 370 g/mol.